The molecular weight excluding hydrogens is 519 g/mol. The van der Waals surface area contributed by atoms with Crippen molar-refractivity contribution in [3.63, 3.8) is 0 Å². The topological polar surface area (TPSA) is 32.3 Å². The molecule has 0 radical (unpaired) electrons. The van der Waals surface area contributed by atoms with E-state index >= 15 is 0 Å². The summed E-state index contributed by atoms with van der Waals surface area (Å²) < 4.78 is 66.5. The van der Waals surface area contributed by atoms with E-state index in [0.29, 0.717) is 24.8 Å². The molecule has 2 aromatic carbocycles. The zero-order valence-corrected chi connectivity index (χ0v) is 21.6. The largest absolute Gasteiger partial charge is 0.416 e. The van der Waals surface area contributed by atoms with Gasteiger partial charge in [-0.2, -0.15) is 24.5 Å². The molecule has 9 heteroatoms. The summed E-state index contributed by atoms with van der Waals surface area (Å²) in [6.07, 6.45) is -0.658. The maximum Gasteiger partial charge on any atom is 0.416 e. The van der Waals surface area contributed by atoms with Gasteiger partial charge in [0.25, 0.3) is 0 Å². The van der Waals surface area contributed by atoms with Crippen molar-refractivity contribution >= 4 is 17.2 Å². The Morgan fingerprint density at radius 1 is 1.00 bits per heavy atom. The van der Waals surface area contributed by atoms with Crippen molar-refractivity contribution in [3.8, 4) is 0 Å². The highest BCUT2D eigenvalue weighted by atomic mass is 32.1. The van der Waals surface area contributed by atoms with Crippen LogP contribution in [0.25, 0.3) is 0 Å². The summed E-state index contributed by atoms with van der Waals surface area (Å²) in [4.78, 5) is 16.1. The number of halogens is 5. The molecule has 38 heavy (non-hydrogen) atoms. The van der Waals surface area contributed by atoms with Gasteiger partial charge in [0.2, 0.25) is 5.91 Å². The van der Waals surface area contributed by atoms with Gasteiger partial charge in [-0.25, -0.2) is 8.78 Å². The van der Waals surface area contributed by atoms with Crippen LogP contribution in [0.15, 0.2) is 59.3 Å². The number of nitrogens with one attached hydrogen (secondary N) is 1. The number of hydrogen-bond acceptors (Lipinski definition) is 3. The minimum atomic E-state index is -4.67. The number of nitrogens with zero attached hydrogens (tertiary/aromatic N) is 1. The molecule has 1 saturated carbocycles. The number of piperidine rings is 1. The molecule has 2 fully saturated rings. The fourth-order valence-electron chi connectivity index (χ4n) is 6.07. The highest BCUT2D eigenvalue weighted by molar-refractivity contribution is 7.08. The molecule has 1 N–H and O–H groups in total. The zero-order chi connectivity index (χ0) is 26.9. The van der Waals surface area contributed by atoms with Crippen molar-refractivity contribution in [2.24, 2.45) is 0 Å². The van der Waals surface area contributed by atoms with E-state index in [4.69, 9.17) is 0 Å². The Hall–Kier alpha value is -2.78. The van der Waals surface area contributed by atoms with Crippen molar-refractivity contribution < 1.29 is 26.7 Å². The van der Waals surface area contributed by atoms with Crippen LogP contribution in [-0.2, 0) is 22.9 Å². The molecule has 3 aromatic rings. The van der Waals surface area contributed by atoms with E-state index in [1.54, 1.807) is 0 Å². The Kier molecular flexibility index (Phi) is 7.60. The lowest BCUT2D eigenvalue weighted by Gasteiger charge is -2.37. The smallest absolute Gasteiger partial charge is 0.351 e. The predicted octanol–water partition coefficient (Wildman–Crippen LogP) is 7.03. The SMILES string of the molecule is O=C(NCc1cc(F)cc(C(F)(F)F)c1)C1(c2ccsc2)CCC(N2CCC(c3ccc(F)cc3)CC2)C1. The molecule has 1 saturated heterocycles. The van der Waals surface area contributed by atoms with E-state index in [0.717, 1.165) is 55.6 Å². The second-order valence-corrected chi connectivity index (χ2v) is 11.2. The minimum absolute atomic E-state index is 0.0727. The molecule has 0 bridgehead atoms. The molecule has 3 nitrogen and oxygen atoms in total. The Morgan fingerprint density at radius 3 is 2.39 bits per heavy atom. The maximum atomic E-state index is 13.9. The molecule has 5 rings (SSSR count). The van der Waals surface area contributed by atoms with Gasteiger partial charge in [0.15, 0.2) is 0 Å². The first-order valence-corrected chi connectivity index (χ1v) is 13.8. The van der Waals surface area contributed by atoms with Crippen LogP contribution in [0.5, 0.6) is 0 Å². The van der Waals surface area contributed by atoms with Gasteiger partial charge in [0.1, 0.15) is 11.6 Å². The van der Waals surface area contributed by atoms with Crippen LogP contribution in [0.4, 0.5) is 22.0 Å². The van der Waals surface area contributed by atoms with Gasteiger partial charge in [-0.15, -0.1) is 0 Å². The molecule has 0 spiro atoms. The Morgan fingerprint density at radius 2 is 1.74 bits per heavy atom. The van der Waals surface area contributed by atoms with Gasteiger partial charge in [-0.05, 0) is 115 Å². The van der Waals surface area contributed by atoms with Gasteiger partial charge in [0, 0.05) is 12.6 Å². The highest BCUT2D eigenvalue weighted by Crippen LogP contribution is 2.45. The molecule has 1 aliphatic carbocycles. The number of carbonyl (C=O) groups excluding carboxylic acids is 1. The number of carbonyl (C=O) groups is 1. The van der Waals surface area contributed by atoms with E-state index in [1.807, 2.05) is 29.0 Å². The Bertz CT molecular complexity index is 1250. The van der Waals surface area contributed by atoms with Crippen LogP contribution in [-0.4, -0.2) is 29.9 Å². The summed E-state index contributed by atoms with van der Waals surface area (Å²) in [7, 11) is 0. The molecule has 202 valence electrons. The quantitative estimate of drug-likeness (QED) is 0.336. The van der Waals surface area contributed by atoms with Crippen molar-refractivity contribution in [2.75, 3.05) is 13.1 Å². The second kappa shape index (κ2) is 10.8. The van der Waals surface area contributed by atoms with E-state index in [-0.39, 0.29) is 29.9 Å². The molecule has 2 unspecified atom stereocenters. The molecule has 1 aliphatic heterocycles. The van der Waals surface area contributed by atoms with E-state index in [1.165, 1.54) is 23.5 Å². The van der Waals surface area contributed by atoms with Crippen LogP contribution in [0, 0.1) is 11.6 Å². The van der Waals surface area contributed by atoms with Crippen LogP contribution < -0.4 is 5.32 Å². The first-order chi connectivity index (χ1) is 18.1. The first kappa shape index (κ1) is 26.8. The number of rotatable bonds is 6. The lowest BCUT2D eigenvalue weighted by atomic mass is 9.79. The van der Waals surface area contributed by atoms with Crippen LogP contribution in [0.1, 0.15) is 60.3 Å². The lowest BCUT2D eigenvalue weighted by molar-refractivity contribution is -0.137. The maximum absolute atomic E-state index is 13.9. The van der Waals surface area contributed by atoms with Crippen molar-refractivity contribution in [2.45, 2.75) is 62.2 Å². The number of likely N-dealkylation sites (tertiary alicyclic amines) is 1. The minimum Gasteiger partial charge on any atom is -0.351 e. The normalized spacial score (nSPS) is 23.0. The average molecular weight is 549 g/mol. The van der Waals surface area contributed by atoms with Crippen LogP contribution in [0.2, 0.25) is 0 Å². The van der Waals surface area contributed by atoms with Crippen molar-refractivity contribution in [3.05, 3.63) is 93.2 Å². The fraction of sp³-hybridized carbons (Fsp3) is 0.414. The third-order valence-corrected chi connectivity index (χ3v) is 8.81. The van der Waals surface area contributed by atoms with Crippen LogP contribution in [0.3, 0.4) is 0 Å². The monoisotopic (exact) mass is 548 g/mol. The Balaban J connectivity index is 1.26. The van der Waals surface area contributed by atoms with Crippen molar-refractivity contribution in [1.82, 2.24) is 10.2 Å². The first-order valence-electron chi connectivity index (χ1n) is 12.8. The molecular formula is C29H29F5N2OS. The highest BCUT2D eigenvalue weighted by Gasteiger charge is 2.48. The molecule has 2 aliphatic rings. The summed E-state index contributed by atoms with van der Waals surface area (Å²) in [5.41, 5.74) is 0.288. The van der Waals surface area contributed by atoms with Gasteiger partial charge in [-0.3, -0.25) is 4.79 Å². The average Bonchev–Trinajstić information content (AvgIpc) is 3.59. The number of alkyl halides is 3. The van der Waals surface area contributed by atoms with E-state index < -0.39 is 23.0 Å². The molecule has 1 aromatic heterocycles. The van der Waals surface area contributed by atoms with Crippen molar-refractivity contribution in [1.29, 1.82) is 0 Å². The number of hydrogen-bond donors (Lipinski definition) is 1. The van der Waals surface area contributed by atoms with Gasteiger partial charge in [-0.1, -0.05) is 12.1 Å². The van der Waals surface area contributed by atoms with E-state index in [2.05, 4.69) is 10.2 Å². The molecule has 1 amide bonds. The Labute approximate surface area is 222 Å². The number of thiophene rings is 1. The number of benzene rings is 2. The van der Waals surface area contributed by atoms with Gasteiger partial charge < -0.3 is 10.2 Å². The third kappa shape index (κ3) is 5.64. The predicted molar refractivity (Wildman–Crippen MR) is 137 cm³/mol. The molecule has 2 heterocycles. The second-order valence-electron chi connectivity index (χ2n) is 10.4. The van der Waals surface area contributed by atoms with Crippen LogP contribution >= 0.6 is 11.3 Å². The third-order valence-electron chi connectivity index (χ3n) is 8.12. The summed E-state index contributed by atoms with van der Waals surface area (Å²) >= 11 is 1.50. The van der Waals surface area contributed by atoms with Gasteiger partial charge in [0.05, 0.1) is 11.0 Å². The summed E-state index contributed by atoms with van der Waals surface area (Å²) in [6, 6.07) is 11.2. The summed E-state index contributed by atoms with van der Waals surface area (Å²) in [5.74, 6) is -1.08. The molecule has 2 atom stereocenters. The summed E-state index contributed by atoms with van der Waals surface area (Å²) in [6.45, 7) is 1.59. The fourth-order valence-corrected chi connectivity index (χ4v) is 6.82. The standard InChI is InChI=1S/C29H29F5N2OS/c30-24-3-1-20(2-4-24)21-6-10-36(11-7-21)26-5-9-28(16-26,22-8-12-38-18-22)27(37)35-17-19-13-23(29(32,33)34)15-25(31)14-19/h1-4,8,12-15,18,21,26H,5-7,9-11,16-17H2,(H,35,37). The zero-order valence-electron chi connectivity index (χ0n) is 20.7. The summed E-state index contributed by atoms with van der Waals surface area (Å²) in [5, 5.41) is 6.70. The lowest BCUT2D eigenvalue weighted by Crippen LogP contribution is -2.45. The van der Waals surface area contributed by atoms with Gasteiger partial charge >= 0.3 is 6.18 Å². The number of amides is 1. The van der Waals surface area contributed by atoms with E-state index in [9.17, 15) is 26.7 Å².